The van der Waals surface area contributed by atoms with Gasteiger partial charge in [0.25, 0.3) is 10.0 Å². The zero-order valence-corrected chi connectivity index (χ0v) is 16.8. The molecule has 1 atom stereocenters. The lowest BCUT2D eigenvalue weighted by molar-refractivity contribution is -0.117. The van der Waals surface area contributed by atoms with Crippen molar-refractivity contribution in [3.05, 3.63) is 77.7 Å². The fourth-order valence-corrected chi connectivity index (χ4v) is 4.81. The van der Waals surface area contributed by atoms with Crippen LogP contribution in [0.5, 0.6) is 5.75 Å². The van der Waals surface area contributed by atoms with Gasteiger partial charge in [0.2, 0.25) is 5.91 Å². The summed E-state index contributed by atoms with van der Waals surface area (Å²) in [7, 11) is -2.24. The van der Waals surface area contributed by atoms with Crippen LogP contribution < -0.4 is 14.8 Å². The second kappa shape index (κ2) is 9.01. The zero-order valence-electron chi connectivity index (χ0n) is 15.2. The van der Waals surface area contributed by atoms with Crippen LogP contribution in [0.1, 0.15) is 5.56 Å². The van der Waals surface area contributed by atoms with Gasteiger partial charge in [-0.05, 0) is 47.7 Å². The number of rotatable bonds is 8. The molecule has 2 aromatic carbocycles. The van der Waals surface area contributed by atoms with Gasteiger partial charge in [0.05, 0.1) is 7.11 Å². The largest absolute Gasteiger partial charge is 0.497 e. The molecule has 8 heteroatoms. The number of benzene rings is 2. The summed E-state index contributed by atoms with van der Waals surface area (Å²) in [6.45, 7) is 0. The van der Waals surface area contributed by atoms with E-state index in [1.807, 2.05) is 30.3 Å². The van der Waals surface area contributed by atoms with E-state index in [0.717, 1.165) is 16.9 Å². The molecular formula is C20H20N2O4S2. The van der Waals surface area contributed by atoms with E-state index in [1.54, 1.807) is 42.8 Å². The van der Waals surface area contributed by atoms with Crippen molar-refractivity contribution in [2.75, 3.05) is 12.4 Å². The predicted molar refractivity (Wildman–Crippen MR) is 110 cm³/mol. The quantitative estimate of drug-likeness (QED) is 0.590. The first-order valence-electron chi connectivity index (χ1n) is 8.52. The number of hydrogen-bond acceptors (Lipinski definition) is 5. The van der Waals surface area contributed by atoms with Crippen LogP contribution in [0.2, 0.25) is 0 Å². The van der Waals surface area contributed by atoms with Crippen LogP contribution in [0.15, 0.2) is 76.3 Å². The second-order valence-corrected chi connectivity index (χ2v) is 8.90. The van der Waals surface area contributed by atoms with Gasteiger partial charge >= 0.3 is 0 Å². The summed E-state index contributed by atoms with van der Waals surface area (Å²) < 4.78 is 33.1. The van der Waals surface area contributed by atoms with Crippen molar-refractivity contribution >= 4 is 33.0 Å². The Morgan fingerprint density at radius 1 is 1.04 bits per heavy atom. The first kappa shape index (κ1) is 20.1. The van der Waals surface area contributed by atoms with Gasteiger partial charge < -0.3 is 10.1 Å². The summed E-state index contributed by atoms with van der Waals surface area (Å²) in [6, 6.07) is 18.3. The second-order valence-electron chi connectivity index (χ2n) is 6.01. The molecule has 3 aromatic rings. The monoisotopic (exact) mass is 416 g/mol. The van der Waals surface area contributed by atoms with Crippen LogP contribution in [0.3, 0.4) is 0 Å². The van der Waals surface area contributed by atoms with E-state index < -0.39 is 22.0 Å². The number of amides is 1. The highest BCUT2D eigenvalue weighted by Crippen LogP contribution is 2.18. The Balaban J connectivity index is 1.81. The third-order valence-corrected chi connectivity index (χ3v) is 6.88. The Hall–Kier alpha value is -2.68. The van der Waals surface area contributed by atoms with Crippen molar-refractivity contribution in [3.8, 4) is 5.75 Å². The molecule has 0 bridgehead atoms. The number of carbonyl (C=O) groups excluding carboxylic acids is 1. The number of ether oxygens (including phenoxy) is 1. The van der Waals surface area contributed by atoms with Gasteiger partial charge in [-0.3, -0.25) is 4.79 Å². The molecule has 28 heavy (non-hydrogen) atoms. The molecule has 1 heterocycles. The fourth-order valence-electron chi connectivity index (χ4n) is 2.60. The lowest BCUT2D eigenvalue weighted by atomic mass is 10.1. The molecule has 1 aromatic heterocycles. The zero-order chi connectivity index (χ0) is 20.0. The molecule has 0 aliphatic heterocycles. The number of methoxy groups -OCH3 is 1. The average molecular weight is 417 g/mol. The molecule has 3 rings (SSSR count). The number of anilines is 1. The maximum Gasteiger partial charge on any atom is 0.250 e. The van der Waals surface area contributed by atoms with Crippen LogP contribution in [0.4, 0.5) is 5.69 Å². The highest BCUT2D eigenvalue weighted by Gasteiger charge is 2.26. The van der Waals surface area contributed by atoms with E-state index in [2.05, 4.69) is 10.0 Å². The Kier molecular flexibility index (Phi) is 6.45. The molecule has 0 spiro atoms. The van der Waals surface area contributed by atoms with E-state index in [-0.39, 0.29) is 10.6 Å². The van der Waals surface area contributed by atoms with Crippen molar-refractivity contribution < 1.29 is 17.9 Å². The third-order valence-electron chi connectivity index (χ3n) is 4.01. The number of nitrogens with one attached hydrogen (secondary N) is 2. The molecule has 0 saturated heterocycles. The van der Waals surface area contributed by atoms with E-state index in [9.17, 15) is 13.2 Å². The summed E-state index contributed by atoms with van der Waals surface area (Å²) in [6.07, 6.45) is 0.230. The molecule has 1 unspecified atom stereocenters. The van der Waals surface area contributed by atoms with E-state index >= 15 is 0 Å². The molecule has 2 N–H and O–H groups in total. The number of carbonyl (C=O) groups is 1. The van der Waals surface area contributed by atoms with Crippen LogP contribution in [0.25, 0.3) is 0 Å². The van der Waals surface area contributed by atoms with Crippen LogP contribution in [-0.4, -0.2) is 27.5 Å². The molecule has 146 valence electrons. The Labute approximate surface area is 168 Å². The molecule has 0 aliphatic rings. The van der Waals surface area contributed by atoms with Gasteiger partial charge in [0.1, 0.15) is 16.0 Å². The Morgan fingerprint density at radius 3 is 2.36 bits per heavy atom. The predicted octanol–water partition coefficient (Wildman–Crippen LogP) is 3.29. The van der Waals surface area contributed by atoms with Gasteiger partial charge in [-0.1, -0.05) is 36.4 Å². The van der Waals surface area contributed by atoms with E-state index in [4.69, 9.17) is 4.74 Å². The van der Waals surface area contributed by atoms with Gasteiger partial charge in [-0.25, -0.2) is 8.42 Å². The summed E-state index contributed by atoms with van der Waals surface area (Å²) in [5.41, 5.74) is 1.41. The fraction of sp³-hybridized carbons (Fsp3) is 0.150. The first-order chi connectivity index (χ1) is 13.5. The van der Waals surface area contributed by atoms with E-state index in [0.29, 0.717) is 11.4 Å². The first-order valence-corrected chi connectivity index (χ1v) is 10.9. The third kappa shape index (κ3) is 5.19. The summed E-state index contributed by atoms with van der Waals surface area (Å²) in [4.78, 5) is 12.9. The number of sulfonamides is 1. The van der Waals surface area contributed by atoms with Crippen molar-refractivity contribution in [1.82, 2.24) is 4.72 Å². The lowest BCUT2D eigenvalue weighted by Crippen LogP contribution is -2.45. The maximum absolute atomic E-state index is 12.9. The Morgan fingerprint density at radius 2 is 1.75 bits per heavy atom. The Bertz CT molecular complexity index is 1000. The van der Waals surface area contributed by atoms with Crippen molar-refractivity contribution in [1.29, 1.82) is 0 Å². The van der Waals surface area contributed by atoms with Gasteiger partial charge in [-0.15, -0.1) is 11.3 Å². The maximum atomic E-state index is 12.9. The summed E-state index contributed by atoms with van der Waals surface area (Å²) in [5.74, 6) is 0.228. The molecule has 0 radical (unpaired) electrons. The van der Waals surface area contributed by atoms with Crippen molar-refractivity contribution in [2.45, 2.75) is 16.7 Å². The topological polar surface area (TPSA) is 84.5 Å². The minimum Gasteiger partial charge on any atom is -0.497 e. The van der Waals surface area contributed by atoms with Gasteiger partial charge in [0.15, 0.2) is 0 Å². The molecule has 6 nitrogen and oxygen atoms in total. The molecule has 0 aliphatic carbocycles. The summed E-state index contributed by atoms with van der Waals surface area (Å²) >= 11 is 1.10. The lowest BCUT2D eigenvalue weighted by Gasteiger charge is -2.18. The average Bonchev–Trinajstić information content (AvgIpc) is 3.25. The molecular weight excluding hydrogens is 396 g/mol. The minimum atomic E-state index is -3.80. The SMILES string of the molecule is COc1ccc(NC(=O)C(Cc2ccccc2)NS(=O)(=O)c2cccs2)cc1. The normalized spacial score (nSPS) is 12.3. The molecule has 1 amide bonds. The molecule has 0 fully saturated rings. The number of hydrogen-bond donors (Lipinski definition) is 2. The molecule has 0 saturated carbocycles. The summed E-state index contributed by atoms with van der Waals surface area (Å²) in [5, 5.41) is 4.44. The standard InChI is InChI=1S/C20H20N2O4S2/c1-26-17-11-9-16(10-12-17)21-20(23)18(14-15-6-3-2-4-7-15)22-28(24,25)19-8-5-13-27-19/h2-13,18,22H,14H2,1H3,(H,21,23). The van der Waals surface area contributed by atoms with Crippen LogP contribution in [-0.2, 0) is 21.2 Å². The smallest absolute Gasteiger partial charge is 0.250 e. The highest BCUT2D eigenvalue weighted by molar-refractivity contribution is 7.91. The van der Waals surface area contributed by atoms with Crippen LogP contribution in [0, 0.1) is 0 Å². The van der Waals surface area contributed by atoms with E-state index in [1.165, 1.54) is 6.07 Å². The highest BCUT2D eigenvalue weighted by atomic mass is 32.2. The van der Waals surface area contributed by atoms with Gasteiger partial charge in [0, 0.05) is 5.69 Å². The number of thiophene rings is 1. The van der Waals surface area contributed by atoms with Crippen LogP contribution >= 0.6 is 11.3 Å². The van der Waals surface area contributed by atoms with Gasteiger partial charge in [-0.2, -0.15) is 4.72 Å². The minimum absolute atomic E-state index is 0.169. The van der Waals surface area contributed by atoms with Crippen molar-refractivity contribution in [3.63, 3.8) is 0 Å². The van der Waals surface area contributed by atoms with Crippen molar-refractivity contribution in [2.24, 2.45) is 0 Å².